The smallest absolute Gasteiger partial charge is 0.339 e. The van der Waals surface area contributed by atoms with E-state index in [9.17, 15) is 14.4 Å². The number of ether oxygens (including phenoxy) is 1. The standard InChI is InChI=1S/C17H19NO6/c1-9-6-12(23-8-14(19)18-5-4-15(20)21)16-10(2)11(3)17(22)24-13(16)7-9/h6-7H,4-5,8H2,1-3H3,(H,18,19)(H,20,21). The summed E-state index contributed by atoms with van der Waals surface area (Å²) in [6.07, 6.45) is -0.150. The van der Waals surface area contributed by atoms with Crippen molar-refractivity contribution in [1.29, 1.82) is 0 Å². The molecule has 128 valence electrons. The first-order chi connectivity index (χ1) is 11.3. The minimum absolute atomic E-state index is 0.0408. The molecule has 0 saturated heterocycles. The molecule has 7 heteroatoms. The molecule has 1 amide bonds. The van der Waals surface area contributed by atoms with Crippen LogP contribution >= 0.6 is 0 Å². The van der Waals surface area contributed by atoms with Crippen molar-refractivity contribution >= 4 is 22.8 Å². The number of benzene rings is 1. The summed E-state index contributed by atoms with van der Waals surface area (Å²) in [7, 11) is 0. The van der Waals surface area contributed by atoms with Crippen molar-refractivity contribution in [2.24, 2.45) is 0 Å². The van der Waals surface area contributed by atoms with E-state index in [-0.39, 0.29) is 19.6 Å². The summed E-state index contributed by atoms with van der Waals surface area (Å²) in [5, 5.41) is 11.7. The Morgan fingerprint density at radius 1 is 1.21 bits per heavy atom. The molecule has 1 aromatic heterocycles. The molecule has 1 aromatic carbocycles. The number of hydrogen-bond donors (Lipinski definition) is 2. The molecule has 0 aliphatic rings. The zero-order valence-corrected chi connectivity index (χ0v) is 13.8. The van der Waals surface area contributed by atoms with E-state index in [1.165, 1.54) is 0 Å². The molecule has 0 aliphatic carbocycles. The van der Waals surface area contributed by atoms with E-state index in [4.69, 9.17) is 14.3 Å². The number of aryl methyl sites for hydroxylation is 2. The molecule has 2 N–H and O–H groups in total. The van der Waals surface area contributed by atoms with Crippen molar-refractivity contribution in [3.8, 4) is 5.75 Å². The highest BCUT2D eigenvalue weighted by Gasteiger charge is 2.14. The Labute approximate surface area is 138 Å². The molecule has 0 spiro atoms. The number of hydrogen-bond acceptors (Lipinski definition) is 5. The summed E-state index contributed by atoms with van der Waals surface area (Å²) < 4.78 is 10.9. The molecule has 2 aromatic rings. The number of carbonyl (C=O) groups is 2. The Morgan fingerprint density at radius 2 is 1.92 bits per heavy atom. The maximum atomic E-state index is 11.8. The summed E-state index contributed by atoms with van der Waals surface area (Å²) in [4.78, 5) is 33.9. The average molecular weight is 333 g/mol. The van der Waals surface area contributed by atoms with Crippen LogP contribution in [0.25, 0.3) is 11.0 Å². The Morgan fingerprint density at radius 3 is 2.58 bits per heavy atom. The van der Waals surface area contributed by atoms with Crippen molar-refractivity contribution in [3.05, 3.63) is 39.2 Å². The van der Waals surface area contributed by atoms with Gasteiger partial charge >= 0.3 is 11.6 Å². The van der Waals surface area contributed by atoms with Gasteiger partial charge in [0.15, 0.2) is 6.61 Å². The van der Waals surface area contributed by atoms with Crippen LogP contribution < -0.4 is 15.7 Å². The lowest BCUT2D eigenvalue weighted by molar-refractivity contribution is -0.137. The van der Waals surface area contributed by atoms with E-state index in [1.54, 1.807) is 26.0 Å². The van der Waals surface area contributed by atoms with Crippen LogP contribution in [0.15, 0.2) is 21.3 Å². The first-order valence-electron chi connectivity index (χ1n) is 7.45. The van der Waals surface area contributed by atoms with Gasteiger partial charge in [-0.2, -0.15) is 0 Å². The maximum absolute atomic E-state index is 11.8. The van der Waals surface area contributed by atoms with E-state index < -0.39 is 17.5 Å². The average Bonchev–Trinajstić information content (AvgIpc) is 2.49. The van der Waals surface area contributed by atoms with Crippen molar-refractivity contribution in [3.63, 3.8) is 0 Å². The van der Waals surface area contributed by atoms with Gasteiger partial charge in [0.05, 0.1) is 11.8 Å². The minimum atomic E-state index is -0.984. The molecule has 1 heterocycles. The molecule has 2 rings (SSSR count). The molecule has 0 bridgehead atoms. The largest absolute Gasteiger partial charge is 0.483 e. The number of carboxylic acids is 1. The topological polar surface area (TPSA) is 106 Å². The molecular formula is C17H19NO6. The fraction of sp³-hybridized carbons (Fsp3) is 0.353. The fourth-order valence-electron chi connectivity index (χ4n) is 2.31. The highest BCUT2D eigenvalue weighted by molar-refractivity contribution is 5.88. The zero-order chi connectivity index (χ0) is 17.9. The third-order valence-corrected chi connectivity index (χ3v) is 3.68. The van der Waals surface area contributed by atoms with E-state index in [0.29, 0.717) is 22.3 Å². The third-order valence-electron chi connectivity index (χ3n) is 3.68. The van der Waals surface area contributed by atoms with Gasteiger partial charge in [-0.05, 0) is 44.0 Å². The summed E-state index contributed by atoms with van der Waals surface area (Å²) in [5.74, 6) is -0.956. The van der Waals surface area contributed by atoms with Crippen LogP contribution in [0, 0.1) is 20.8 Å². The molecular weight excluding hydrogens is 314 g/mol. The van der Waals surface area contributed by atoms with Gasteiger partial charge in [0, 0.05) is 12.1 Å². The normalized spacial score (nSPS) is 10.6. The number of carboxylic acid groups (broad SMARTS) is 1. The Hall–Kier alpha value is -2.83. The molecule has 0 radical (unpaired) electrons. The van der Waals surface area contributed by atoms with Gasteiger partial charge in [-0.3, -0.25) is 9.59 Å². The Bertz CT molecular complexity index is 852. The van der Waals surface area contributed by atoms with Gasteiger partial charge in [0.1, 0.15) is 11.3 Å². The molecule has 0 aliphatic heterocycles. The van der Waals surface area contributed by atoms with Crippen LogP contribution in [0.2, 0.25) is 0 Å². The van der Waals surface area contributed by atoms with Gasteiger partial charge in [-0.1, -0.05) is 0 Å². The predicted octanol–water partition coefficient (Wildman–Crippen LogP) is 1.69. The van der Waals surface area contributed by atoms with Gasteiger partial charge in [-0.15, -0.1) is 0 Å². The van der Waals surface area contributed by atoms with Crippen molar-refractivity contribution in [2.75, 3.05) is 13.2 Å². The zero-order valence-electron chi connectivity index (χ0n) is 13.8. The number of fused-ring (bicyclic) bond motifs is 1. The lowest BCUT2D eigenvalue weighted by atomic mass is 10.0. The number of nitrogens with one attached hydrogen (secondary N) is 1. The highest BCUT2D eigenvalue weighted by atomic mass is 16.5. The lowest BCUT2D eigenvalue weighted by Gasteiger charge is -2.12. The molecule has 7 nitrogen and oxygen atoms in total. The number of amides is 1. The van der Waals surface area contributed by atoms with Crippen LogP contribution in [-0.4, -0.2) is 30.1 Å². The van der Waals surface area contributed by atoms with Gasteiger partial charge in [0.25, 0.3) is 5.91 Å². The quantitative estimate of drug-likeness (QED) is 0.779. The van der Waals surface area contributed by atoms with Gasteiger partial charge in [-0.25, -0.2) is 4.79 Å². The summed E-state index contributed by atoms with van der Waals surface area (Å²) >= 11 is 0. The predicted molar refractivity (Wildman–Crippen MR) is 87.5 cm³/mol. The third kappa shape index (κ3) is 3.92. The van der Waals surface area contributed by atoms with Crippen molar-refractivity contribution < 1.29 is 23.8 Å². The fourth-order valence-corrected chi connectivity index (χ4v) is 2.31. The molecule has 0 fully saturated rings. The van der Waals surface area contributed by atoms with Crippen LogP contribution in [0.1, 0.15) is 23.1 Å². The van der Waals surface area contributed by atoms with Crippen LogP contribution in [-0.2, 0) is 9.59 Å². The van der Waals surface area contributed by atoms with Crippen molar-refractivity contribution in [1.82, 2.24) is 5.32 Å². The van der Waals surface area contributed by atoms with Crippen LogP contribution in [0.5, 0.6) is 5.75 Å². The number of aliphatic carboxylic acids is 1. The van der Waals surface area contributed by atoms with Crippen LogP contribution in [0.4, 0.5) is 0 Å². The Balaban J connectivity index is 2.23. The van der Waals surface area contributed by atoms with Gasteiger partial charge in [0.2, 0.25) is 0 Å². The monoisotopic (exact) mass is 333 g/mol. The first kappa shape index (κ1) is 17.5. The highest BCUT2D eigenvalue weighted by Crippen LogP contribution is 2.30. The lowest BCUT2D eigenvalue weighted by Crippen LogP contribution is -2.30. The van der Waals surface area contributed by atoms with Crippen LogP contribution in [0.3, 0.4) is 0 Å². The number of carbonyl (C=O) groups excluding carboxylic acids is 1. The second kappa shape index (κ2) is 7.16. The van der Waals surface area contributed by atoms with Gasteiger partial charge < -0.3 is 19.6 Å². The Kier molecular flexibility index (Phi) is 5.23. The maximum Gasteiger partial charge on any atom is 0.339 e. The van der Waals surface area contributed by atoms with Crippen molar-refractivity contribution in [2.45, 2.75) is 27.2 Å². The molecule has 24 heavy (non-hydrogen) atoms. The summed E-state index contributed by atoms with van der Waals surface area (Å²) in [6.45, 7) is 5.08. The molecule has 0 unspecified atom stereocenters. The van der Waals surface area contributed by atoms with E-state index in [2.05, 4.69) is 5.32 Å². The van der Waals surface area contributed by atoms with E-state index >= 15 is 0 Å². The first-order valence-corrected chi connectivity index (χ1v) is 7.45. The molecule has 0 atom stereocenters. The summed E-state index contributed by atoms with van der Waals surface area (Å²) in [6, 6.07) is 3.50. The second-order valence-corrected chi connectivity index (χ2v) is 5.56. The van der Waals surface area contributed by atoms with E-state index in [1.807, 2.05) is 6.92 Å². The summed E-state index contributed by atoms with van der Waals surface area (Å²) in [5.41, 5.74) is 2.06. The SMILES string of the molecule is Cc1cc(OCC(=O)NCCC(=O)O)c2c(C)c(C)c(=O)oc2c1. The minimum Gasteiger partial charge on any atom is -0.483 e. The second-order valence-electron chi connectivity index (χ2n) is 5.56. The number of rotatable bonds is 6. The van der Waals surface area contributed by atoms with E-state index in [0.717, 1.165) is 11.1 Å². The molecule has 0 saturated carbocycles.